The monoisotopic (exact) mass is 459 g/mol. The molecule has 1 heterocycles. The number of carbonyl (C=O) groups excluding carboxylic acids is 2. The van der Waals surface area contributed by atoms with Gasteiger partial charge in [-0.3, -0.25) is 9.59 Å². The minimum atomic E-state index is -0.849. The Morgan fingerprint density at radius 3 is 1.85 bits per heavy atom. The summed E-state index contributed by atoms with van der Waals surface area (Å²) in [4.78, 5) is 26.2. The van der Waals surface area contributed by atoms with Crippen LogP contribution in [0.25, 0.3) is 0 Å². The molecule has 1 aliphatic heterocycles. The number of nitrogens with zero attached hydrogens (tertiary/aromatic N) is 1. The van der Waals surface area contributed by atoms with E-state index < -0.39 is 29.3 Å². The second-order valence-electron chi connectivity index (χ2n) is 9.34. The van der Waals surface area contributed by atoms with Crippen molar-refractivity contribution in [2.75, 3.05) is 6.54 Å². The summed E-state index contributed by atoms with van der Waals surface area (Å²) in [5, 5.41) is 10.3. The zero-order valence-electron chi connectivity index (χ0n) is 20.6. The highest BCUT2D eigenvalue weighted by atomic mass is 19.1. The Labute approximate surface area is 199 Å². The zero-order valence-corrected chi connectivity index (χ0v) is 20.6. The zero-order chi connectivity index (χ0) is 24.1. The number of halogens is 1. The molecule has 33 heavy (non-hydrogen) atoms. The van der Waals surface area contributed by atoms with Crippen molar-refractivity contribution < 1.29 is 19.1 Å². The van der Waals surface area contributed by atoms with Crippen molar-refractivity contribution in [2.45, 2.75) is 110 Å². The first-order valence-corrected chi connectivity index (χ1v) is 13.0. The van der Waals surface area contributed by atoms with Crippen LogP contribution in [0.15, 0.2) is 35.6 Å². The maximum atomic E-state index is 14.5. The lowest BCUT2D eigenvalue weighted by atomic mass is 9.96. The highest BCUT2D eigenvalue weighted by molar-refractivity contribution is 6.08. The van der Waals surface area contributed by atoms with Gasteiger partial charge < -0.3 is 10.0 Å². The Morgan fingerprint density at radius 2 is 1.36 bits per heavy atom. The quantitative estimate of drug-likeness (QED) is 0.244. The van der Waals surface area contributed by atoms with Crippen LogP contribution in [0.4, 0.5) is 4.39 Å². The van der Waals surface area contributed by atoms with Crippen LogP contribution in [0, 0.1) is 5.82 Å². The Kier molecular flexibility index (Phi) is 12.2. The number of rotatable bonds is 17. The topological polar surface area (TPSA) is 57.6 Å². The van der Waals surface area contributed by atoms with Gasteiger partial charge in [-0.15, -0.1) is 0 Å². The van der Waals surface area contributed by atoms with Crippen LogP contribution in [-0.2, 0) is 9.59 Å². The maximum absolute atomic E-state index is 14.5. The number of hydrogen-bond donors (Lipinski definition) is 1. The lowest BCUT2D eigenvalue weighted by Crippen LogP contribution is -2.32. The van der Waals surface area contributed by atoms with Crippen LogP contribution in [0.3, 0.4) is 0 Å². The fraction of sp³-hybridized carbons (Fsp3) is 0.643. The van der Waals surface area contributed by atoms with Gasteiger partial charge in [0.25, 0.3) is 5.91 Å². The van der Waals surface area contributed by atoms with Gasteiger partial charge in [0.2, 0.25) is 0 Å². The van der Waals surface area contributed by atoms with E-state index in [1.807, 2.05) is 0 Å². The number of Topliss-reactive ketones (excluding diaryl/α,β-unsaturated/α-hetero) is 1. The molecule has 1 N–H and O–H groups in total. The summed E-state index contributed by atoms with van der Waals surface area (Å²) in [5.74, 6) is -2.00. The van der Waals surface area contributed by atoms with Crippen LogP contribution >= 0.6 is 0 Å². The van der Waals surface area contributed by atoms with Gasteiger partial charge in [0.05, 0.1) is 11.6 Å². The van der Waals surface area contributed by atoms with Crippen LogP contribution in [0.5, 0.6) is 0 Å². The van der Waals surface area contributed by atoms with Crippen molar-refractivity contribution in [3.8, 4) is 0 Å². The summed E-state index contributed by atoms with van der Waals surface area (Å²) in [6.07, 6.45) is 17.4. The predicted octanol–water partition coefficient (Wildman–Crippen LogP) is 7.59. The molecule has 1 atom stereocenters. The fourth-order valence-electron chi connectivity index (χ4n) is 4.74. The van der Waals surface area contributed by atoms with Crippen molar-refractivity contribution in [1.29, 1.82) is 0 Å². The summed E-state index contributed by atoms with van der Waals surface area (Å²) >= 11 is 0. The van der Waals surface area contributed by atoms with Crippen molar-refractivity contribution in [1.82, 2.24) is 4.90 Å². The number of ketones is 1. The number of aliphatic hydroxyl groups is 1. The number of amides is 1. The third kappa shape index (κ3) is 8.28. The van der Waals surface area contributed by atoms with Gasteiger partial charge >= 0.3 is 0 Å². The van der Waals surface area contributed by atoms with Gasteiger partial charge in [0, 0.05) is 12.1 Å². The average Bonchev–Trinajstić information content (AvgIpc) is 3.04. The van der Waals surface area contributed by atoms with Gasteiger partial charge in [0.15, 0.2) is 11.5 Å². The highest BCUT2D eigenvalue weighted by Gasteiger charge is 2.42. The summed E-state index contributed by atoms with van der Waals surface area (Å²) in [6.45, 7) is 3.96. The van der Waals surface area contributed by atoms with Gasteiger partial charge in [0.1, 0.15) is 5.82 Å². The smallest absolute Gasteiger partial charge is 0.290 e. The average molecular weight is 460 g/mol. The molecule has 2 rings (SSSR count). The standard InChI is InChI=1S/C28H42FNO3/c1-3-4-5-6-7-8-9-10-11-12-13-14-15-18-21-30-26(23-19-16-17-20-24(23)29)25(22(2)31)27(32)28(30)33/h16-17,19-20,26,32H,3-15,18,21H2,1-2H3. The third-order valence-electron chi connectivity index (χ3n) is 6.64. The molecule has 0 fully saturated rings. The van der Waals surface area contributed by atoms with Crippen LogP contribution in [0.2, 0.25) is 0 Å². The van der Waals surface area contributed by atoms with E-state index in [-0.39, 0.29) is 11.1 Å². The number of unbranched alkanes of at least 4 members (excludes halogenated alkanes) is 13. The molecule has 184 valence electrons. The van der Waals surface area contributed by atoms with E-state index >= 15 is 0 Å². The molecule has 1 unspecified atom stereocenters. The summed E-state index contributed by atoms with van der Waals surface area (Å²) in [6, 6.07) is 5.30. The summed E-state index contributed by atoms with van der Waals surface area (Å²) in [7, 11) is 0. The molecule has 5 heteroatoms. The minimum Gasteiger partial charge on any atom is -0.503 e. The first kappa shape index (κ1) is 27.1. The van der Waals surface area contributed by atoms with Crippen molar-refractivity contribution in [3.05, 3.63) is 47.0 Å². The largest absolute Gasteiger partial charge is 0.503 e. The molecular weight excluding hydrogens is 417 g/mol. The molecule has 0 saturated heterocycles. The van der Waals surface area contributed by atoms with Crippen molar-refractivity contribution >= 4 is 11.7 Å². The molecule has 1 aromatic carbocycles. The lowest BCUT2D eigenvalue weighted by molar-refractivity contribution is -0.129. The van der Waals surface area contributed by atoms with Gasteiger partial charge in [-0.05, 0) is 19.4 Å². The second-order valence-corrected chi connectivity index (χ2v) is 9.34. The Hall–Kier alpha value is -2.17. The van der Waals surface area contributed by atoms with Crippen LogP contribution < -0.4 is 0 Å². The number of carbonyl (C=O) groups is 2. The van der Waals surface area contributed by atoms with E-state index in [2.05, 4.69) is 6.92 Å². The third-order valence-corrected chi connectivity index (χ3v) is 6.64. The summed E-state index contributed by atoms with van der Waals surface area (Å²) < 4.78 is 14.5. The molecule has 0 spiro atoms. The SMILES string of the molecule is CCCCCCCCCCCCCCCCN1C(=O)C(O)=C(C(C)=O)C1c1ccccc1F. The van der Waals surface area contributed by atoms with Gasteiger partial charge in [-0.25, -0.2) is 4.39 Å². The fourth-order valence-corrected chi connectivity index (χ4v) is 4.74. The Balaban J connectivity index is 1.69. The highest BCUT2D eigenvalue weighted by Crippen LogP contribution is 2.38. The predicted molar refractivity (Wildman–Crippen MR) is 132 cm³/mol. The Bertz CT molecular complexity index is 789. The van der Waals surface area contributed by atoms with E-state index in [4.69, 9.17) is 0 Å². The van der Waals surface area contributed by atoms with Crippen molar-refractivity contribution in [3.63, 3.8) is 0 Å². The molecule has 0 aliphatic carbocycles. The van der Waals surface area contributed by atoms with E-state index in [0.29, 0.717) is 6.54 Å². The van der Waals surface area contributed by atoms with E-state index in [0.717, 1.165) is 19.3 Å². The maximum Gasteiger partial charge on any atom is 0.290 e. The molecule has 0 saturated carbocycles. The van der Waals surface area contributed by atoms with Gasteiger partial charge in [-0.2, -0.15) is 0 Å². The molecule has 0 radical (unpaired) electrons. The van der Waals surface area contributed by atoms with E-state index in [1.54, 1.807) is 18.2 Å². The molecule has 1 amide bonds. The number of hydrogen-bond acceptors (Lipinski definition) is 3. The van der Waals surface area contributed by atoms with Crippen LogP contribution in [-0.4, -0.2) is 28.2 Å². The van der Waals surface area contributed by atoms with E-state index in [1.165, 1.54) is 88.5 Å². The van der Waals surface area contributed by atoms with E-state index in [9.17, 15) is 19.1 Å². The lowest BCUT2D eigenvalue weighted by Gasteiger charge is -2.27. The van der Waals surface area contributed by atoms with Crippen LogP contribution in [0.1, 0.15) is 115 Å². The summed E-state index contributed by atoms with van der Waals surface area (Å²) in [5.41, 5.74) is 0.251. The first-order valence-electron chi connectivity index (χ1n) is 13.0. The Morgan fingerprint density at radius 1 is 0.879 bits per heavy atom. The normalized spacial score (nSPS) is 16.2. The van der Waals surface area contributed by atoms with Gasteiger partial charge in [-0.1, -0.05) is 109 Å². The molecule has 0 bridgehead atoms. The molecular formula is C28H42FNO3. The first-order chi connectivity index (χ1) is 16.0. The molecule has 1 aromatic rings. The second kappa shape index (κ2) is 14.9. The molecule has 1 aliphatic rings. The minimum absolute atomic E-state index is 0.00420. The molecule has 0 aromatic heterocycles. The number of benzene rings is 1. The molecule has 4 nitrogen and oxygen atoms in total. The van der Waals surface area contributed by atoms with Crippen molar-refractivity contribution in [2.24, 2.45) is 0 Å². The number of aliphatic hydroxyl groups excluding tert-OH is 1.